The van der Waals surface area contributed by atoms with E-state index in [0.717, 1.165) is 11.3 Å². The molecule has 0 fully saturated rings. The van der Waals surface area contributed by atoms with Crippen LogP contribution in [0.4, 0.5) is 5.69 Å². The van der Waals surface area contributed by atoms with Gasteiger partial charge in [0, 0.05) is 0 Å². The number of methoxy groups -OCH3 is 1. The molecule has 3 aromatic rings. The van der Waals surface area contributed by atoms with Gasteiger partial charge in [-0.2, -0.15) is 4.98 Å². The zero-order chi connectivity index (χ0) is 12.5. The molecule has 0 aliphatic carbocycles. The lowest BCUT2D eigenvalue weighted by Gasteiger charge is -2.03. The third-order valence-electron chi connectivity index (χ3n) is 2.56. The van der Waals surface area contributed by atoms with E-state index in [2.05, 4.69) is 15.1 Å². The molecule has 0 aliphatic heterocycles. The standard InChI is InChI=1S/C12H11N5O/c1-18-10-5-3-2-4-9(10)11-15-12-14-6-8(13)7-17(12)16-11/h2-7H,13H2,1H3. The predicted octanol–water partition coefficient (Wildman–Crippen LogP) is 1.38. The van der Waals surface area contributed by atoms with Crippen LogP contribution >= 0.6 is 0 Å². The number of nitrogen functional groups attached to an aromatic ring is 1. The molecule has 0 bridgehead atoms. The van der Waals surface area contributed by atoms with E-state index in [1.54, 1.807) is 24.0 Å². The predicted molar refractivity (Wildman–Crippen MR) is 67.2 cm³/mol. The Hall–Kier alpha value is -2.63. The van der Waals surface area contributed by atoms with E-state index in [9.17, 15) is 0 Å². The van der Waals surface area contributed by atoms with Gasteiger partial charge in [-0.25, -0.2) is 9.50 Å². The first kappa shape index (κ1) is 10.5. The Bertz CT molecular complexity index is 707. The monoisotopic (exact) mass is 241 g/mol. The van der Waals surface area contributed by atoms with Crippen LogP contribution in [0.5, 0.6) is 5.75 Å². The Morgan fingerprint density at radius 1 is 1.28 bits per heavy atom. The first-order chi connectivity index (χ1) is 8.78. The lowest BCUT2D eigenvalue weighted by Crippen LogP contribution is -1.94. The molecule has 0 aliphatic rings. The highest BCUT2D eigenvalue weighted by atomic mass is 16.5. The van der Waals surface area contributed by atoms with Gasteiger partial charge in [0.1, 0.15) is 5.75 Å². The minimum Gasteiger partial charge on any atom is -0.496 e. The first-order valence-electron chi connectivity index (χ1n) is 5.39. The Morgan fingerprint density at radius 3 is 2.94 bits per heavy atom. The smallest absolute Gasteiger partial charge is 0.252 e. The fraction of sp³-hybridized carbons (Fsp3) is 0.0833. The van der Waals surface area contributed by atoms with E-state index >= 15 is 0 Å². The van der Waals surface area contributed by atoms with Gasteiger partial charge in [0.05, 0.1) is 30.8 Å². The van der Waals surface area contributed by atoms with Crippen LogP contribution in [-0.2, 0) is 0 Å². The minimum absolute atomic E-state index is 0.505. The molecule has 90 valence electrons. The maximum Gasteiger partial charge on any atom is 0.252 e. The molecule has 0 saturated heterocycles. The Balaban J connectivity index is 2.19. The lowest BCUT2D eigenvalue weighted by atomic mass is 10.2. The quantitative estimate of drug-likeness (QED) is 0.733. The van der Waals surface area contributed by atoms with Crippen molar-refractivity contribution in [3.05, 3.63) is 36.7 Å². The maximum absolute atomic E-state index is 5.65. The molecule has 2 heterocycles. The molecule has 0 radical (unpaired) electrons. The average Bonchev–Trinajstić information content (AvgIpc) is 2.81. The summed E-state index contributed by atoms with van der Waals surface area (Å²) >= 11 is 0. The molecule has 2 N–H and O–H groups in total. The van der Waals surface area contributed by atoms with Crippen LogP contribution < -0.4 is 10.5 Å². The van der Waals surface area contributed by atoms with Gasteiger partial charge in [0.15, 0.2) is 5.82 Å². The van der Waals surface area contributed by atoms with Crippen molar-refractivity contribution in [3.8, 4) is 17.1 Å². The number of hydrogen-bond acceptors (Lipinski definition) is 5. The van der Waals surface area contributed by atoms with E-state index in [1.807, 2.05) is 24.3 Å². The van der Waals surface area contributed by atoms with Crippen LogP contribution in [-0.4, -0.2) is 26.7 Å². The summed E-state index contributed by atoms with van der Waals surface area (Å²) in [5, 5.41) is 4.34. The summed E-state index contributed by atoms with van der Waals surface area (Å²) in [6, 6.07) is 7.57. The van der Waals surface area contributed by atoms with Crippen molar-refractivity contribution in [1.29, 1.82) is 0 Å². The second-order valence-electron chi connectivity index (χ2n) is 3.77. The summed E-state index contributed by atoms with van der Waals surface area (Å²) in [5.74, 6) is 1.79. The van der Waals surface area contributed by atoms with Gasteiger partial charge in [-0.05, 0) is 12.1 Å². The van der Waals surface area contributed by atoms with Crippen molar-refractivity contribution in [1.82, 2.24) is 19.6 Å². The molecule has 6 heteroatoms. The summed E-state index contributed by atoms with van der Waals surface area (Å²) in [6.45, 7) is 0. The van der Waals surface area contributed by atoms with Gasteiger partial charge in [-0.3, -0.25) is 0 Å². The maximum atomic E-state index is 5.65. The van der Waals surface area contributed by atoms with Gasteiger partial charge >= 0.3 is 0 Å². The van der Waals surface area contributed by atoms with Crippen LogP contribution in [0.15, 0.2) is 36.7 Å². The molecule has 6 nitrogen and oxygen atoms in total. The molecular formula is C12H11N5O. The number of ether oxygens (including phenoxy) is 1. The third kappa shape index (κ3) is 1.64. The number of anilines is 1. The van der Waals surface area contributed by atoms with E-state index in [0.29, 0.717) is 17.3 Å². The zero-order valence-corrected chi connectivity index (χ0v) is 9.74. The molecule has 0 amide bonds. The number of benzene rings is 1. The average molecular weight is 241 g/mol. The van der Waals surface area contributed by atoms with Crippen molar-refractivity contribution < 1.29 is 4.74 Å². The van der Waals surface area contributed by atoms with Crippen LogP contribution in [0.3, 0.4) is 0 Å². The van der Waals surface area contributed by atoms with E-state index in [1.165, 1.54) is 0 Å². The van der Waals surface area contributed by atoms with Crippen molar-refractivity contribution in [2.24, 2.45) is 0 Å². The number of nitrogens with zero attached hydrogens (tertiary/aromatic N) is 4. The Morgan fingerprint density at radius 2 is 2.11 bits per heavy atom. The van der Waals surface area contributed by atoms with Crippen LogP contribution in [0, 0.1) is 0 Å². The summed E-state index contributed by atoms with van der Waals surface area (Å²) < 4.78 is 6.84. The highest BCUT2D eigenvalue weighted by Gasteiger charge is 2.11. The molecular weight excluding hydrogens is 230 g/mol. The summed E-state index contributed by atoms with van der Waals surface area (Å²) in [4.78, 5) is 8.44. The molecule has 3 rings (SSSR count). The fourth-order valence-electron chi connectivity index (χ4n) is 1.74. The van der Waals surface area contributed by atoms with Crippen LogP contribution in [0.2, 0.25) is 0 Å². The van der Waals surface area contributed by atoms with Crippen molar-refractivity contribution in [3.63, 3.8) is 0 Å². The van der Waals surface area contributed by atoms with Gasteiger partial charge in [-0.1, -0.05) is 12.1 Å². The number of para-hydroxylation sites is 1. The fourth-order valence-corrected chi connectivity index (χ4v) is 1.74. The molecule has 1 aromatic carbocycles. The summed E-state index contributed by atoms with van der Waals surface area (Å²) in [6.07, 6.45) is 3.23. The van der Waals surface area contributed by atoms with Crippen LogP contribution in [0.25, 0.3) is 17.2 Å². The number of hydrogen-bond donors (Lipinski definition) is 1. The summed E-state index contributed by atoms with van der Waals surface area (Å²) in [5.41, 5.74) is 7.02. The van der Waals surface area contributed by atoms with Gasteiger partial charge in [-0.15, -0.1) is 5.10 Å². The number of aromatic nitrogens is 4. The number of nitrogens with two attached hydrogens (primary N) is 1. The molecule has 18 heavy (non-hydrogen) atoms. The second kappa shape index (κ2) is 3.99. The first-order valence-corrected chi connectivity index (χ1v) is 5.39. The van der Waals surface area contributed by atoms with E-state index in [-0.39, 0.29) is 0 Å². The normalized spacial score (nSPS) is 10.7. The lowest BCUT2D eigenvalue weighted by molar-refractivity contribution is 0.416. The molecule has 0 spiro atoms. The second-order valence-corrected chi connectivity index (χ2v) is 3.77. The zero-order valence-electron chi connectivity index (χ0n) is 9.74. The van der Waals surface area contributed by atoms with E-state index < -0.39 is 0 Å². The Kier molecular flexibility index (Phi) is 2.33. The molecule has 0 atom stereocenters. The van der Waals surface area contributed by atoms with Crippen molar-refractivity contribution in [2.45, 2.75) is 0 Å². The molecule has 0 saturated carbocycles. The Labute approximate surface area is 103 Å². The minimum atomic E-state index is 0.505. The number of rotatable bonds is 2. The summed E-state index contributed by atoms with van der Waals surface area (Å²) in [7, 11) is 1.62. The largest absolute Gasteiger partial charge is 0.496 e. The van der Waals surface area contributed by atoms with Gasteiger partial charge in [0.2, 0.25) is 0 Å². The molecule has 2 aromatic heterocycles. The highest BCUT2D eigenvalue weighted by Crippen LogP contribution is 2.26. The highest BCUT2D eigenvalue weighted by molar-refractivity contribution is 5.65. The third-order valence-corrected chi connectivity index (χ3v) is 2.56. The molecule has 0 unspecified atom stereocenters. The number of fused-ring (bicyclic) bond motifs is 1. The van der Waals surface area contributed by atoms with E-state index in [4.69, 9.17) is 10.5 Å². The topological polar surface area (TPSA) is 78.3 Å². The van der Waals surface area contributed by atoms with Gasteiger partial charge < -0.3 is 10.5 Å². The SMILES string of the molecule is COc1ccccc1-c1nc2ncc(N)cn2n1. The van der Waals surface area contributed by atoms with Crippen LogP contribution in [0.1, 0.15) is 0 Å². The van der Waals surface area contributed by atoms with Crippen molar-refractivity contribution >= 4 is 11.5 Å². The van der Waals surface area contributed by atoms with Crippen molar-refractivity contribution in [2.75, 3.05) is 12.8 Å². The van der Waals surface area contributed by atoms with Gasteiger partial charge in [0.25, 0.3) is 5.78 Å².